The van der Waals surface area contributed by atoms with E-state index in [2.05, 4.69) is 21.2 Å². The van der Waals surface area contributed by atoms with Gasteiger partial charge < -0.3 is 10.2 Å². The minimum Gasteiger partial charge on any atom is -0.335 e. The molecule has 0 saturated heterocycles. The van der Waals surface area contributed by atoms with Crippen molar-refractivity contribution in [2.75, 3.05) is 32.5 Å². The van der Waals surface area contributed by atoms with Crippen molar-refractivity contribution in [3.63, 3.8) is 0 Å². The lowest BCUT2D eigenvalue weighted by molar-refractivity contribution is -0.134. The maximum absolute atomic E-state index is 12.3. The third-order valence-electron chi connectivity index (χ3n) is 3.91. The fourth-order valence-corrected chi connectivity index (χ4v) is 2.71. The van der Waals surface area contributed by atoms with Crippen LogP contribution in [0, 0.1) is 6.92 Å². The molecule has 2 aromatic carbocycles. The lowest BCUT2D eigenvalue weighted by Crippen LogP contribution is -2.40. The van der Waals surface area contributed by atoms with Crippen LogP contribution in [0.4, 0.5) is 5.69 Å². The zero-order valence-electron chi connectivity index (χ0n) is 15.3. The smallest absolute Gasteiger partial charge is 0.243 e. The number of rotatable bonds is 7. The fourth-order valence-electron chi connectivity index (χ4n) is 2.45. The summed E-state index contributed by atoms with van der Waals surface area (Å²) >= 11 is 3.41. The first-order valence-electron chi connectivity index (χ1n) is 8.37. The number of halogens is 1. The van der Waals surface area contributed by atoms with Crippen molar-refractivity contribution in [2.45, 2.75) is 13.5 Å². The number of carbonyl (C=O) groups excluding carboxylic acids is 2. The van der Waals surface area contributed by atoms with Gasteiger partial charge in [0.2, 0.25) is 11.8 Å². The first-order valence-corrected chi connectivity index (χ1v) is 9.16. The zero-order valence-corrected chi connectivity index (χ0v) is 16.9. The Hall–Kier alpha value is -2.18. The number of nitrogens with zero attached hydrogens (tertiary/aromatic N) is 2. The number of likely N-dealkylation sites (N-methyl/N-ethyl adjacent to an activating group) is 2. The molecule has 26 heavy (non-hydrogen) atoms. The van der Waals surface area contributed by atoms with Gasteiger partial charge in [-0.05, 0) is 43.8 Å². The Morgan fingerprint density at radius 3 is 2.19 bits per heavy atom. The van der Waals surface area contributed by atoms with E-state index in [0.717, 1.165) is 21.3 Å². The van der Waals surface area contributed by atoms with E-state index in [1.165, 1.54) is 4.90 Å². The highest BCUT2D eigenvalue weighted by Gasteiger charge is 2.15. The van der Waals surface area contributed by atoms with Gasteiger partial charge in [0.05, 0.1) is 13.1 Å². The molecule has 0 heterocycles. The zero-order chi connectivity index (χ0) is 19.1. The quantitative estimate of drug-likeness (QED) is 0.751. The average molecular weight is 418 g/mol. The van der Waals surface area contributed by atoms with Gasteiger partial charge in [-0.3, -0.25) is 14.5 Å². The van der Waals surface area contributed by atoms with Crippen molar-refractivity contribution >= 4 is 33.4 Å². The summed E-state index contributed by atoms with van der Waals surface area (Å²) in [5.41, 5.74) is 2.99. The van der Waals surface area contributed by atoms with Gasteiger partial charge in [0.25, 0.3) is 0 Å². The van der Waals surface area contributed by atoms with Gasteiger partial charge in [0.15, 0.2) is 0 Å². The number of nitrogens with one attached hydrogen (secondary N) is 1. The molecule has 0 atom stereocenters. The molecule has 1 N–H and O–H groups in total. The topological polar surface area (TPSA) is 52.7 Å². The SMILES string of the molecule is Cc1ccc(NC(=O)CN(C)C(=O)CN(C)Cc2ccc(Br)cc2)cc1. The Balaban J connectivity index is 1.79. The van der Waals surface area contributed by atoms with Crippen LogP contribution in [0.15, 0.2) is 53.0 Å². The van der Waals surface area contributed by atoms with Crippen molar-refractivity contribution in [3.8, 4) is 0 Å². The summed E-state index contributed by atoms with van der Waals surface area (Å²) in [7, 11) is 3.53. The highest BCUT2D eigenvalue weighted by atomic mass is 79.9. The van der Waals surface area contributed by atoms with Gasteiger partial charge in [-0.2, -0.15) is 0 Å². The lowest BCUT2D eigenvalue weighted by Gasteiger charge is -2.21. The first kappa shape index (κ1) is 20.1. The van der Waals surface area contributed by atoms with Crippen LogP contribution in [-0.2, 0) is 16.1 Å². The summed E-state index contributed by atoms with van der Waals surface area (Å²) in [6.45, 7) is 2.94. The van der Waals surface area contributed by atoms with Crippen LogP contribution in [0.1, 0.15) is 11.1 Å². The van der Waals surface area contributed by atoms with E-state index in [-0.39, 0.29) is 24.9 Å². The lowest BCUT2D eigenvalue weighted by atomic mass is 10.2. The van der Waals surface area contributed by atoms with Crippen LogP contribution in [0.2, 0.25) is 0 Å². The summed E-state index contributed by atoms with van der Waals surface area (Å²) in [5, 5.41) is 2.80. The second-order valence-corrected chi connectivity index (χ2v) is 7.38. The second-order valence-electron chi connectivity index (χ2n) is 6.46. The molecule has 138 valence electrons. The maximum atomic E-state index is 12.3. The molecule has 0 fully saturated rings. The van der Waals surface area contributed by atoms with Crippen molar-refractivity contribution in [1.82, 2.24) is 9.80 Å². The summed E-state index contributed by atoms with van der Waals surface area (Å²) in [4.78, 5) is 27.8. The Kier molecular flexibility index (Phi) is 7.36. The van der Waals surface area contributed by atoms with Crippen molar-refractivity contribution in [3.05, 3.63) is 64.1 Å². The Labute approximate surface area is 163 Å². The molecule has 0 saturated carbocycles. The average Bonchev–Trinajstić information content (AvgIpc) is 2.58. The van der Waals surface area contributed by atoms with Gasteiger partial charge in [-0.1, -0.05) is 45.8 Å². The van der Waals surface area contributed by atoms with Gasteiger partial charge in [-0.25, -0.2) is 0 Å². The number of carbonyl (C=O) groups is 2. The monoisotopic (exact) mass is 417 g/mol. The molecule has 0 aliphatic heterocycles. The molecule has 5 nitrogen and oxygen atoms in total. The maximum Gasteiger partial charge on any atom is 0.243 e. The number of anilines is 1. The van der Waals surface area contributed by atoms with Crippen molar-refractivity contribution < 1.29 is 9.59 Å². The molecule has 0 unspecified atom stereocenters. The molecule has 6 heteroatoms. The Morgan fingerprint density at radius 2 is 1.58 bits per heavy atom. The van der Waals surface area contributed by atoms with Crippen LogP contribution < -0.4 is 5.32 Å². The molecule has 2 amide bonds. The molecule has 2 aromatic rings. The van der Waals surface area contributed by atoms with Crippen LogP contribution in [0.5, 0.6) is 0 Å². The van der Waals surface area contributed by atoms with Crippen LogP contribution in [0.25, 0.3) is 0 Å². The molecular formula is C20H24BrN3O2. The van der Waals surface area contributed by atoms with E-state index in [0.29, 0.717) is 6.54 Å². The number of amides is 2. The number of hydrogen-bond donors (Lipinski definition) is 1. The van der Waals surface area contributed by atoms with E-state index >= 15 is 0 Å². The summed E-state index contributed by atoms with van der Waals surface area (Å²) in [6.07, 6.45) is 0. The molecule has 0 radical (unpaired) electrons. The molecule has 0 aliphatic carbocycles. The largest absolute Gasteiger partial charge is 0.335 e. The van der Waals surface area contributed by atoms with E-state index in [1.54, 1.807) is 7.05 Å². The van der Waals surface area contributed by atoms with Crippen LogP contribution in [0.3, 0.4) is 0 Å². The second kappa shape index (κ2) is 9.50. The molecular weight excluding hydrogens is 394 g/mol. The standard InChI is InChI=1S/C20H24BrN3O2/c1-15-4-10-18(11-5-15)22-19(25)13-24(3)20(26)14-23(2)12-16-6-8-17(21)9-7-16/h4-11H,12-14H2,1-3H3,(H,22,25). The van der Waals surface area contributed by atoms with Crippen LogP contribution >= 0.6 is 15.9 Å². The Bertz CT molecular complexity index is 745. The molecule has 0 aliphatic rings. The van der Waals surface area contributed by atoms with E-state index < -0.39 is 0 Å². The van der Waals surface area contributed by atoms with Gasteiger partial charge in [0.1, 0.15) is 0 Å². The predicted octanol–water partition coefficient (Wildman–Crippen LogP) is 3.29. The highest BCUT2D eigenvalue weighted by molar-refractivity contribution is 9.10. The van der Waals surface area contributed by atoms with Crippen LogP contribution in [-0.4, -0.2) is 48.8 Å². The predicted molar refractivity (Wildman–Crippen MR) is 108 cm³/mol. The van der Waals surface area contributed by atoms with E-state index in [4.69, 9.17) is 0 Å². The highest BCUT2D eigenvalue weighted by Crippen LogP contribution is 2.12. The molecule has 0 spiro atoms. The van der Waals surface area contributed by atoms with Gasteiger partial charge in [-0.15, -0.1) is 0 Å². The van der Waals surface area contributed by atoms with Crippen molar-refractivity contribution in [2.24, 2.45) is 0 Å². The molecule has 0 bridgehead atoms. The van der Waals surface area contributed by atoms with E-state index in [1.807, 2.05) is 67.4 Å². The Morgan fingerprint density at radius 1 is 0.962 bits per heavy atom. The summed E-state index contributed by atoms with van der Waals surface area (Å²) < 4.78 is 1.03. The summed E-state index contributed by atoms with van der Waals surface area (Å²) in [6, 6.07) is 15.6. The number of benzene rings is 2. The fraction of sp³-hybridized carbons (Fsp3) is 0.300. The normalized spacial score (nSPS) is 10.7. The minimum absolute atomic E-state index is 0.0266. The number of aryl methyl sites for hydroxylation is 1. The summed E-state index contributed by atoms with van der Waals surface area (Å²) in [5.74, 6) is -0.302. The molecule has 0 aromatic heterocycles. The minimum atomic E-state index is -0.208. The van der Waals surface area contributed by atoms with Gasteiger partial charge in [0, 0.05) is 23.8 Å². The van der Waals surface area contributed by atoms with Gasteiger partial charge >= 0.3 is 0 Å². The first-order chi connectivity index (χ1) is 12.3. The molecule has 2 rings (SSSR count). The van der Waals surface area contributed by atoms with E-state index in [9.17, 15) is 9.59 Å². The third-order valence-corrected chi connectivity index (χ3v) is 4.44. The van der Waals surface area contributed by atoms with Crippen molar-refractivity contribution in [1.29, 1.82) is 0 Å². The number of hydrogen-bond acceptors (Lipinski definition) is 3. The third kappa shape index (κ3) is 6.61.